The lowest BCUT2D eigenvalue weighted by atomic mass is 9.83. The summed E-state index contributed by atoms with van der Waals surface area (Å²) in [4.78, 5) is 16.7. The van der Waals surface area contributed by atoms with E-state index < -0.39 is 0 Å². The smallest absolute Gasteiger partial charge is 0.223 e. The van der Waals surface area contributed by atoms with Crippen LogP contribution in [0.4, 0.5) is 0 Å². The van der Waals surface area contributed by atoms with Crippen LogP contribution in [0.3, 0.4) is 0 Å². The zero-order chi connectivity index (χ0) is 17.1. The van der Waals surface area contributed by atoms with Crippen LogP contribution in [-0.4, -0.2) is 16.0 Å². The van der Waals surface area contributed by atoms with Gasteiger partial charge in [0.15, 0.2) is 5.76 Å². The molecule has 0 bridgehead atoms. The van der Waals surface area contributed by atoms with E-state index in [1.54, 1.807) is 6.20 Å². The fourth-order valence-corrected chi connectivity index (χ4v) is 3.27. The van der Waals surface area contributed by atoms with Gasteiger partial charge < -0.3 is 9.84 Å². The third kappa shape index (κ3) is 3.45. The number of nitrogens with one attached hydrogen (secondary N) is 1. The minimum Gasteiger partial charge on any atom is -0.359 e. The molecule has 0 fully saturated rings. The van der Waals surface area contributed by atoms with Crippen LogP contribution in [0.25, 0.3) is 11.4 Å². The van der Waals surface area contributed by atoms with Gasteiger partial charge in [-0.15, -0.1) is 0 Å². The number of carbonyl (C=O) groups excluding carboxylic acids is 1. The van der Waals surface area contributed by atoms with Crippen molar-refractivity contribution in [1.82, 2.24) is 15.5 Å². The number of rotatable bonds is 4. The average Bonchev–Trinajstić information content (AvgIpc) is 3.15. The van der Waals surface area contributed by atoms with Crippen LogP contribution in [0.2, 0.25) is 0 Å². The second-order valence-corrected chi connectivity index (χ2v) is 6.32. The van der Waals surface area contributed by atoms with Crippen molar-refractivity contribution >= 4 is 5.91 Å². The number of carbonyl (C=O) groups is 1. The molecule has 5 nitrogen and oxygen atoms in total. The number of benzene rings is 1. The summed E-state index contributed by atoms with van der Waals surface area (Å²) >= 11 is 0. The quantitative estimate of drug-likeness (QED) is 0.796. The number of hydrogen-bond acceptors (Lipinski definition) is 4. The molecule has 1 aliphatic rings. The first-order chi connectivity index (χ1) is 12.3. The van der Waals surface area contributed by atoms with Gasteiger partial charge in [0.1, 0.15) is 5.69 Å². The van der Waals surface area contributed by atoms with Gasteiger partial charge in [-0.3, -0.25) is 9.78 Å². The fourth-order valence-electron chi connectivity index (χ4n) is 3.27. The molecule has 0 saturated heterocycles. The van der Waals surface area contributed by atoms with Gasteiger partial charge in [-0.05, 0) is 42.5 Å². The molecular weight excluding hydrogens is 314 g/mol. The van der Waals surface area contributed by atoms with Crippen LogP contribution in [0.1, 0.15) is 23.3 Å². The van der Waals surface area contributed by atoms with Crippen LogP contribution in [0.15, 0.2) is 59.3 Å². The summed E-state index contributed by atoms with van der Waals surface area (Å²) in [6.45, 7) is 0.344. The highest BCUT2D eigenvalue weighted by atomic mass is 16.5. The highest BCUT2D eigenvalue weighted by Gasteiger charge is 2.24. The van der Waals surface area contributed by atoms with Crippen LogP contribution >= 0.6 is 0 Å². The maximum absolute atomic E-state index is 12.5. The van der Waals surface area contributed by atoms with E-state index in [2.05, 4.69) is 33.7 Å². The lowest BCUT2D eigenvalue weighted by Crippen LogP contribution is -2.33. The van der Waals surface area contributed by atoms with E-state index >= 15 is 0 Å². The van der Waals surface area contributed by atoms with Gasteiger partial charge in [0.05, 0.1) is 12.2 Å². The SMILES string of the molecule is O=C(NCc1cc(-c2ccccn2)no1)[C@H]1CCc2ccccc2C1. The Balaban J connectivity index is 1.36. The predicted octanol–water partition coefficient (Wildman–Crippen LogP) is 3.16. The Morgan fingerprint density at radius 2 is 1.96 bits per heavy atom. The van der Waals surface area contributed by atoms with E-state index in [1.807, 2.05) is 30.3 Å². The van der Waals surface area contributed by atoms with Gasteiger partial charge in [0, 0.05) is 18.2 Å². The number of amides is 1. The first kappa shape index (κ1) is 15.6. The van der Waals surface area contributed by atoms with E-state index in [1.165, 1.54) is 11.1 Å². The molecule has 5 heteroatoms. The Kier molecular flexibility index (Phi) is 4.29. The summed E-state index contributed by atoms with van der Waals surface area (Å²) in [6.07, 6.45) is 4.36. The molecule has 126 valence electrons. The highest BCUT2D eigenvalue weighted by Crippen LogP contribution is 2.25. The van der Waals surface area contributed by atoms with E-state index in [9.17, 15) is 4.79 Å². The number of aryl methyl sites for hydroxylation is 1. The Morgan fingerprint density at radius 3 is 2.80 bits per heavy atom. The summed E-state index contributed by atoms with van der Waals surface area (Å²) in [5.41, 5.74) is 4.08. The van der Waals surface area contributed by atoms with E-state index in [0.29, 0.717) is 18.0 Å². The monoisotopic (exact) mass is 333 g/mol. The average molecular weight is 333 g/mol. The molecule has 1 atom stereocenters. The van der Waals surface area contributed by atoms with Gasteiger partial charge in [-0.1, -0.05) is 35.5 Å². The standard InChI is InChI=1S/C20H19N3O2/c24-20(16-9-8-14-5-1-2-6-15(14)11-16)22-13-17-12-19(23-25-17)18-7-3-4-10-21-18/h1-7,10,12,16H,8-9,11,13H2,(H,22,24)/t16-/m0/s1. The maximum atomic E-state index is 12.5. The largest absolute Gasteiger partial charge is 0.359 e. The zero-order valence-electron chi connectivity index (χ0n) is 13.8. The number of hydrogen-bond donors (Lipinski definition) is 1. The Labute approximate surface area is 146 Å². The van der Waals surface area contributed by atoms with Crippen molar-refractivity contribution < 1.29 is 9.32 Å². The zero-order valence-corrected chi connectivity index (χ0v) is 13.8. The summed E-state index contributed by atoms with van der Waals surface area (Å²) in [6, 6.07) is 15.8. The van der Waals surface area contributed by atoms with Gasteiger partial charge in [-0.2, -0.15) is 0 Å². The summed E-state index contributed by atoms with van der Waals surface area (Å²) < 4.78 is 5.31. The van der Waals surface area contributed by atoms with Crippen molar-refractivity contribution in [3.8, 4) is 11.4 Å². The molecule has 2 heterocycles. The van der Waals surface area contributed by atoms with Crippen LogP contribution < -0.4 is 5.32 Å². The molecule has 0 saturated carbocycles. The lowest BCUT2D eigenvalue weighted by Gasteiger charge is -2.23. The van der Waals surface area contributed by atoms with E-state index in [0.717, 1.165) is 25.0 Å². The van der Waals surface area contributed by atoms with E-state index in [-0.39, 0.29) is 11.8 Å². The summed E-state index contributed by atoms with van der Waals surface area (Å²) in [5.74, 6) is 0.726. The highest BCUT2D eigenvalue weighted by molar-refractivity contribution is 5.79. The molecule has 1 aromatic carbocycles. The molecule has 1 aliphatic carbocycles. The van der Waals surface area contributed by atoms with Crippen LogP contribution in [-0.2, 0) is 24.2 Å². The van der Waals surface area contributed by atoms with Crippen molar-refractivity contribution in [2.24, 2.45) is 5.92 Å². The molecule has 1 N–H and O–H groups in total. The third-order valence-electron chi connectivity index (χ3n) is 4.64. The first-order valence-electron chi connectivity index (χ1n) is 8.51. The molecule has 0 radical (unpaired) electrons. The minimum absolute atomic E-state index is 0.0214. The number of pyridine rings is 1. The van der Waals surface area contributed by atoms with Crippen molar-refractivity contribution in [1.29, 1.82) is 0 Å². The van der Waals surface area contributed by atoms with Crippen molar-refractivity contribution in [3.05, 3.63) is 71.6 Å². The molecule has 25 heavy (non-hydrogen) atoms. The number of nitrogens with zero attached hydrogens (tertiary/aromatic N) is 2. The maximum Gasteiger partial charge on any atom is 0.223 e. The normalized spacial score (nSPS) is 16.2. The summed E-state index contributed by atoms with van der Waals surface area (Å²) in [5, 5.41) is 6.99. The molecule has 2 aromatic heterocycles. The molecule has 0 aliphatic heterocycles. The van der Waals surface area contributed by atoms with Gasteiger partial charge in [0.2, 0.25) is 5.91 Å². The molecule has 1 amide bonds. The molecule has 0 spiro atoms. The Hall–Kier alpha value is -2.95. The predicted molar refractivity (Wildman–Crippen MR) is 93.5 cm³/mol. The number of fused-ring (bicyclic) bond motifs is 1. The Morgan fingerprint density at radius 1 is 1.12 bits per heavy atom. The van der Waals surface area contributed by atoms with Crippen molar-refractivity contribution in [3.63, 3.8) is 0 Å². The summed E-state index contributed by atoms with van der Waals surface area (Å²) in [7, 11) is 0. The van der Waals surface area contributed by atoms with Crippen molar-refractivity contribution in [2.75, 3.05) is 0 Å². The van der Waals surface area contributed by atoms with E-state index in [4.69, 9.17) is 4.52 Å². The van der Waals surface area contributed by atoms with Gasteiger partial charge in [-0.25, -0.2) is 0 Å². The first-order valence-corrected chi connectivity index (χ1v) is 8.51. The number of aromatic nitrogens is 2. The molecule has 0 unspecified atom stereocenters. The second kappa shape index (κ2) is 6.89. The van der Waals surface area contributed by atoms with Gasteiger partial charge in [0.25, 0.3) is 0 Å². The molecular formula is C20H19N3O2. The van der Waals surface area contributed by atoms with Crippen LogP contribution in [0.5, 0.6) is 0 Å². The Bertz CT molecular complexity index is 873. The minimum atomic E-state index is 0.0214. The fraction of sp³-hybridized carbons (Fsp3) is 0.250. The molecule has 4 rings (SSSR count). The van der Waals surface area contributed by atoms with Crippen molar-refractivity contribution in [2.45, 2.75) is 25.8 Å². The lowest BCUT2D eigenvalue weighted by molar-refractivity contribution is -0.125. The van der Waals surface area contributed by atoms with Gasteiger partial charge >= 0.3 is 0 Å². The topological polar surface area (TPSA) is 68.0 Å². The third-order valence-corrected chi connectivity index (χ3v) is 4.64. The molecule has 3 aromatic rings. The van der Waals surface area contributed by atoms with Crippen LogP contribution in [0, 0.1) is 5.92 Å². The second-order valence-electron chi connectivity index (χ2n) is 6.32.